The van der Waals surface area contributed by atoms with Gasteiger partial charge >= 0.3 is 0 Å². The predicted molar refractivity (Wildman–Crippen MR) is 117 cm³/mol. The normalized spacial score (nSPS) is 10.9. The molecule has 4 aromatic rings. The van der Waals surface area contributed by atoms with Gasteiger partial charge in [0.2, 0.25) is 17.2 Å². The van der Waals surface area contributed by atoms with Crippen molar-refractivity contribution in [1.82, 2.24) is 20.1 Å². The summed E-state index contributed by atoms with van der Waals surface area (Å²) in [6.45, 7) is 2.07. The van der Waals surface area contributed by atoms with Crippen LogP contribution in [0.3, 0.4) is 0 Å². The van der Waals surface area contributed by atoms with E-state index < -0.39 is 0 Å². The third-order valence-corrected chi connectivity index (χ3v) is 5.25. The molecule has 31 heavy (non-hydrogen) atoms. The maximum Gasteiger partial charge on any atom is 0.228 e. The Labute approximate surface area is 180 Å². The maximum absolute atomic E-state index is 12.4. The topological polar surface area (TPSA) is 119 Å². The van der Waals surface area contributed by atoms with Crippen molar-refractivity contribution in [1.29, 1.82) is 0 Å². The molecule has 0 fully saturated rings. The number of anilines is 1. The van der Waals surface area contributed by atoms with Crippen molar-refractivity contribution in [2.45, 2.75) is 26.4 Å². The van der Waals surface area contributed by atoms with E-state index in [2.05, 4.69) is 20.7 Å². The van der Waals surface area contributed by atoms with Crippen LogP contribution in [0.2, 0.25) is 0 Å². The predicted octanol–water partition coefficient (Wildman–Crippen LogP) is 2.78. The van der Waals surface area contributed by atoms with E-state index in [1.807, 2.05) is 6.07 Å². The van der Waals surface area contributed by atoms with Crippen molar-refractivity contribution in [3.8, 4) is 11.5 Å². The number of amides is 2. The number of hydrogen-bond acceptors (Lipinski definition) is 7. The van der Waals surface area contributed by atoms with Gasteiger partial charge in [0.15, 0.2) is 10.9 Å². The Morgan fingerprint density at radius 1 is 1.19 bits per heavy atom. The molecule has 0 aliphatic carbocycles. The third kappa shape index (κ3) is 4.86. The maximum atomic E-state index is 12.4. The van der Waals surface area contributed by atoms with Gasteiger partial charge in [-0.3, -0.25) is 19.1 Å². The zero-order valence-corrected chi connectivity index (χ0v) is 17.4. The first-order valence-corrected chi connectivity index (χ1v) is 10.4. The average Bonchev–Trinajstić information content (AvgIpc) is 3.41. The minimum Gasteiger partial charge on any atom is -0.458 e. The average molecular weight is 437 g/mol. The highest BCUT2D eigenvalue weighted by molar-refractivity contribution is 7.14. The van der Waals surface area contributed by atoms with Crippen molar-refractivity contribution >= 4 is 39.2 Å². The number of carbonyl (C=O) groups excluding carboxylic acids is 2. The lowest BCUT2D eigenvalue weighted by atomic mass is 10.2. The molecule has 0 saturated heterocycles. The number of nitrogens with one attached hydrogen (secondary N) is 2. The molecule has 2 amide bonds. The number of thiazole rings is 1. The number of aryl methyl sites for hydroxylation is 1. The standard InChI is InChI=1S/C21H19N5O4S/c1-13(27)22-10-14-6-7-19(30-14)16-12-31-21(24-16)25-20(29)8-9-26-17-5-3-2-4-15(17)18(28)11-23-26/h2-7,11-12H,8-10H2,1H3,(H,22,27)(H,24,25,29). The van der Waals surface area contributed by atoms with Crippen LogP contribution in [0.1, 0.15) is 19.1 Å². The highest BCUT2D eigenvalue weighted by Gasteiger charge is 2.12. The monoisotopic (exact) mass is 437 g/mol. The van der Waals surface area contributed by atoms with Gasteiger partial charge in [0.25, 0.3) is 0 Å². The van der Waals surface area contributed by atoms with Gasteiger partial charge in [0, 0.05) is 24.1 Å². The second-order valence-corrected chi connectivity index (χ2v) is 7.62. The number of hydrogen-bond donors (Lipinski definition) is 2. The van der Waals surface area contributed by atoms with E-state index in [1.54, 1.807) is 40.4 Å². The molecule has 9 nitrogen and oxygen atoms in total. The first kappa shape index (κ1) is 20.5. The summed E-state index contributed by atoms with van der Waals surface area (Å²) >= 11 is 1.29. The molecular weight excluding hydrogens is 418 g/mol. The number of rotatable bonds is 7. The highest BCUT2D eigenvalue weighted by atomic mass is 32.1. The van der Waals surface area contributed by atoms with Crippen LogP contribution in [0.15, 0.2) is 57.2 Å². The zero-order chi connectivity index (χ0) is 21.8. The minimum atomic E-state index is -0.212. The summed E-state index contributed by atoms with van der Waals surface area (Å²) in [6, 6.07) is 10.7. The van der Waals surface area contributed by atoms with E-state index in [1.165, 1.54) is 24.5 Å². The van der Waals surface area contributed by atoms with Gasteiger partial charge < -0.3 is 15.1 Å². The summed E-state index contributed by atoms with van der Waals surface area (Å²) in [6.07, 6.45) is 1.44. The second-order valence-electron chi connectivity index (χ2n) is 6.76. The lowest BCUT2D eigenvalue weighted by Gasteiger charge is -2.08. The molecule has 3 heterocycles. The van der Waals surface area contributed by atoms with Crippen LogP contribution in [0.25, 0.3) is 22.4 Å². The van der Waals surface area contributed by atoms with Gasteiger partial charge in [-0.15, -0.1) is 11.3 Å². The fourth-order valence-corrected chi connectivity index (χ4v) is 3.71. The summed E-state index contributed by atoms with van der Waals surface area (Å²) in [5, 5.41) is 12.4. The van der Waals surface area contributed by atoms with E-state index in [0.29, 0.717) is 46.3 Å². The molecule has 0 saturated carbocycles. The van der Waals surface area contributed by atoms with Gasteiger partial charge in [-0.1, -0.05) is 12.1 Å². The molecule has 158 valence electrons. The van der Waals surface area contributed by atoms with Gasteiger partial charge in [-0.05, 0) is 24.3 Å². The number of aromatic nitrogens is 3. The van der Waals surface area contributed by atoms with Crippen LogP contribution in [-0.4, -0.2) is 26.6 Å². The number of fused-ring (bicyclic) bond motifs is 1. The summed E-state index contributed by atoms with van der Waals surface area (Å²) < 4.78 is 7.32. The summed E-state index contributed by atoms with van der Waals surface area (Å²) in [7, 11) is 0. The molecule has 0 radical (unpaired) electrons. The molecule has 1 aromatic carbocycles. The van der Waals surface area contributed by atoms with Crippen LogP contribution in [0.5, 0.6) is 0 Å². The van der Waals surface area contributed by atoms with Gasteiger partial charge in [-0.2, -0.15) is 5.10 Å². The zero-order valence-electron chi connectivity index (χ0n) is 16.6. The number of carbonyl (C=O) groups is 2. The van der Waals surface area contributed by atoms with E-state index in [9.17, 15) is 14.4 Å². The second kappa shape index (κ2) is 8.92. The van der Waals surface area contributed by atoms with Gasteiger partial charge in [-0.25, -0.2) is 4.98 Å². The molecule has 2 N–H and O–H groups in total. The molecule has 10 heteroatoms. The largest absolute Gasteiger partial charge is 0.458 e. The van der Waals surface area contributed by atoms with E-state index in [4.69, 9.17) is 4.42 Å². The van der Waals surface area contributed by atoms with Crippen LogP contribution >= 0.6 is 11.3 Å². The van der Waals surface area contributed by atoms with Crippen molar-refractivity contribution in [3.05, 3.63) is 64.0 Å². The van der Waals surface area contributed by atoms with Crippen molar-refractivity contribution in [2.24, 2.45) is 0 Å². The molecule has 0 atom stereocenters. The summed E-state index contributed by atoms with van der Waals surface area (Å²) in [4.78, 5) is 39.7. The van der Waals surface area contributed by atoms with Crippen LogP contribution in [-0.2, 0) is 22.7 Å². The van der Waals surface area contributed by atoms with E-state index in [-0.39, 0.29) is 23.7 Å². The lowest BCUT2D eigenvalue weighted by molar-refractivity contribution is -0.119. The fraction of sp³-hybridized carbons (Fsp3) is 0.190. The molecule has 4 rings (SSSR count). The Kier molecular flexibility index (Phi) is 5.89. The lowest BCUT2D eigenvalue weighted by Crippen LogP contribution is -2.18. The Morgan fingerprint density at radius 3 is 2.87 bits per heavy atom. The smallest absolute Gasteiger partial charge is 0.228 e. The molecular formula is C21H19N5O4S. The first-order chi connectivity index (χ1) is 15.0. The summed E-state index contributed by atoms with van der Waals surface area (Å²) in [5.74, 6) is 0.823. The molecule has 0 bridgehead atoms. The molecule has 0 aliphatic rings. The fourth-order valence-electron chi connectivity index (χ4n) is 2.99. The van der Waals surface area contributed by atoms with Gasteiger partial charge in [0.1, 0.15) is 11.5 Å². The highest BCUT2D eigenvalue weighted by Crippen LogP contribution is 2.26. The van der Waals surface area contributed by atoms with E-state index >= 15 is 0 Å². The SMILES string of the molecule is CC(=O)NCc1ccc(-c2csc(NC(=O)CCn3ncc(=O)c4ccccc43)n2)o1. The third-order valence-electron chi connectivity index (χ3n) is 4.49. The Morgan fingerprint density at radius 2 is 2.03 bits per heavy atom. The van der Waals surface area contributed by atoms with E-state index in [0.717, 1.165) is 0 Å². The number of benzene rings is 1. The minimum absolute atomic E-state index is 0.137. The Bertz CT molecular complexity index is 1310. The van der Waals surface area contributed by atoms with Crippen molar-refractivity contribution in [2.75, 3.05) is 5.32 Å². The van der Waals surface area contributed by atoms with Gasteiger partial charge in [0.05, 0.1) is 24.8 Å². The Hall–Kier alpha value is -3.79. The van der Waals surface area contributed by atoms with Crippen LogP contribution in [0.4, 0.5) is 5.13 Å². The number of para-hydroxylation sites is 1. The van der Waals surface area contributed by atoms with Crippen LogP contribution < -0.4 is 16.1 Å². The Balaban J connectivity index is 1.37. The molecule has 0 spiro atoms. The van der Waals surface area contributed by atoms with Crippen molar-refractivity contribution < 1.29 is 14.0 Å². The molecule has 0 unspecified atom stereocenters. The molecule has 0 aliphatic heterocycles. The number of nitrogens with zero attached hydrogens (tertiary/aromatic N) is 3. The first-order valence-electron chi connectivity index (χ1n) is 9.53. The molecule has 3 aromatic heterocycles. The summed E-state index contributed by atoms with van der Waals surface area (Å²) in [5.41, 5.74) is 1.14. The van der Waals surface area contributed by atoms with Crippen LogP contribution in [0, 0.1) is 0 Å². The van der Waals surface area contributed by atoms with Crippen molar-refractivity contribution in [3.63, 3.8) is 0 Å². The quantitative estimate of drug-likeness (QED) is 0.459. The number of furan rings is 1.